The van der Waals surface area contributed by atoms with E-state index in [0.717, 1.165) is 35.1 Å². The fraction of sp³-hybridized carbons (Fsp3) is 0.533. The summed E-state index contributed by atoms with van der Waals surface area (Å²) in [5, 5.41) is 10.4. The van der Waals surface area contributed by atoms with Gasteiger partial charge in [-0.15, -0.1) is 0 Å². The second-order valence-electron chi connectivity index (χ2n) is 5.54. The Labute approximate surface area is 118 Å². The normalized spacial score (nSPS) is 24.5. The number of nitrogens with one attached hydrogen (secondary N) is 1. The summed E-state index contributed by atoms with van der Waals surface area (Å²) in [6.07, 6.45) is 5.10. The molecule has 1 saturated carbocycles. The van der Waals surface area contributed by atoms with Gasteiger partial charge in [0.1, 0.15) is 0 Å². The molecule has 0 amide bonds. The molecule has 2 aromatic rings. The molecule has 1 aliphatic carbocycles. The number of aliphatic hydroxyl groups excluding tert-OH is 1. The second-order valence-corrected chi connectivity index (χ2v) is 5.93. The van der Waals surface area contributed by atoms with Gasteiger partial charge in [-0.3, -0.25) is 0 Å². The summed E-state index contributed by atoms with van der Waals surface area (Å²) >= 11 is 5.49. The van der Waals surface area contributed by atoms with Crippen LogP contribution in [-0.4, -0.2) is 20.8 Å². The molecular formula is C15H20N2OS. The quantitative estimate of drug-likeness (QED) is 0.613. The zero-order chi connectivity index (χ0) is 13.4. The van der Waals surface area contributed by atoms with Gasteiger partial charge in [0.15, 0.2) is 4.77 Å². The third-order valence-corrected chi connectivity index (χ3v) is 4.54. The summed E-state index contributed by atoms with van der Waals surface area (Å²) in [7, 11) is 0. The summed E-state index contributed by atoms with van der Waals surface area (Å²) in [6, 6.07) is 6.35. The fourth-order valence-corrected chi connectivity index (χ4v) is 3.53. The van der Waals surface area contributed by atoms with Gasteiger partial charge in [0.2, 0.25) is 0 Å². The molecule has 1 fully saturated rings. The largest absolute Gasteiger partial charge is 0.391 e. The van der Waals surface area contributed by atoms with Crippen molar-refractivity contribution >= 4 is 23.3 Å². The van der Waals surface area contributed by atoms with Gasteiger partial charge < -0.3 is 14.7 Å². The lowest BCUT2D eigenvalue weighted by atomic mass is 10.1. The molecule has 0 bridgehead atoms. The molecule has 1 aromatic heterocycles. The van der Waals surface area contributed by atoms with E-state index in [2.05, 4.69) is 34.7 Å². The maximum absolute atomic E-state index is 10.4. The molecule has 102 valence electrons. The Hall–Kier alpha value is -1.13. The topological polar surface area (TPSA) is 41.0 Å². The first kappa shape index (κ1) is 12.9. The Kier molecular flexibility index (Phi) is 3.46. The number of rotatable bonds is 1. The fourth-order valence-electron chi connectivity index (χ4n) is 3.19. The molecule has 19 heavy (non-hydrogen) atoms. The Morgan fingerprint density at radius 3 is 2.89 bits per heavy atom. The number of hydrogen-bond donors (Lipinski definition) is 2. The van der Waals surface area contributed by atoms with Crippen LogP contribution in [0.3, 0.4) is 0 Å². The minimum absolute atomic E-state index is 0.116. The number of aryl methyl sites for hydroxylation is 1. The zero-order valence-electron chi connectivity index (χ0n) is 11.2. The molecule has 2 atom stereocenters. The van der Waals surface area contributed by atoms with Crippen LogP contribution in [0.15, 0.2) is 18.2 Å². The maximum atomic E-state index is 10.4. The highest BCUT2D eigenvalue weighted by atomic mass is 32.1. The van der Waals surface area contributed by atoms with E-state index in [9.17, 15) is 5.11 Å². The number of hydrogen-bond acceptors (Lipinski definition) is 2. The zero-order valence-corrected chi connectivity index (χ0v) is 12.0. The molecule has 0 saturated heterocycles. The van der Waals surface area contributed by atoms with Gasteiger partial charge in [0.05, 0.1) is 23.2 Å². The van der Waals surface area contributed by atoms with E-state index in [0.29, 0.717) is 0 Å². The first-order chi connectivity index (χ1) is 9.18. The van der Waals surface area contributed by atoms with Gasteiger partial charge in [0, 0.05) is 0 Å². The Balaban J connectivity index is 2.16. The van der Waals surface area contributed by atoms with Crippen LogP contribution in [0.25, 0.3) is 11.0 Å². The number of para-hydroxylation sites is 1. The van der Waals surface area contributed by atoms with E-state index < -0.39 is 0 Å². The van der Waals surface area contributed by atoms with Crippen LogP contribution in [0, 0.1) is 11.7 Å². The molecule has 3 rings (SSSR count). The van der Waals surface area contributed by atoms with E-state index in [1.54, 1.807) is 0 Å². The van der Waals surface area contributed by atoms with Gasteiger partial charge in [-0.05, 0) is 43.6 Å². The minimum Gasteiger partial charge on any atom is -0.391 e. The molecule has 1 aromatic carbocycles. The third kappa shape index (κ3) is 2.23. The van der Waals surface area contributed by atoms with Crippen molar-refractivity contribution in [1.82, 2.24) is 9.55 Å². The Bertz CT molecular complexity index is 643. The first-order valence-electron chi connectivity index (χ1n) is 7.06. The second kappa shape index (κ2) is 5.10. The molecule has 2 unspecified atom stereocenters. The van der Waals surface area contributed by atoms with E-state index in [-0.39, 0.29) is 12.1 Å². The molecule has 0 spiro atoms. The van der Waals surface area contributed by atoms with Crippen LogP contribution in [0.1, 0.15) is 43.7 Å². The Morgan fingerprint density at radius 2 is 2.05 bits per heavy atom. The Morgan fingerprint density at radius 1 is 1.26 bits per heavy atom. The van der Waals surface area contributed by atoms with Crippen LogP contribution in [0.4, 0.5) is 0 Å². The average Bonchev–Trinajstić information content (AvgIpc) is 2.57. The smallest absolute Gasteiger partial charge is 0.178 e. The van der Waals surface area contributed by atoms with Crippen molar-refractivity contribution in [2.75, 3.05) is 0 Å². The van der Waals surface area contributed by atoms with Crippen molar-refractivity contribution in [2.24, 2.45) is 0 Å². The molecule has 3 nitrogen and oxygen atoms in total. The van der Waals surface area contributed by atoms with E-state index >= 15 is 0 Å². The lowest BCUT2D eigenvalue weighted by Gasteiger charge is -2.22. The number of aliphatic hydroxyl groups is 1. The monoisotopic (exact) mass is 276 g/mol. The lowest BCUT2D eigenvalue weighted by molar-refractivity contribution is 0.107. The van der Waals surface area contributed by atoms with E-state index in [4.69, 9.17) is 12.2 Å². The summed E-state index contributed by atoms with van der Waals surface area (Å²) < 4.78 is 2.86. The summed E-state index contributed by atoms with van der Waals surface area (Å²) in [5.41, 5.74) is 3.42. The molecule has 4 heteroatoms. The van der Waals surface area contributed by atoms with Crippen molar-refractivity contribution in [3.8, 4) is 0 Å². The van der Waals surface area contributed by atoms with Gasteiger partial charge in [-0.25, -0.2) is 0 Å². The van der Waals surface area contributed by atoms with Crippen molar-refractivity contribution < 1.29 is 5.11 Å². The number of nitrogens with zero attached hydrogens (tertiary/aromatic N) is 1. The SMILES string of the molecule is Cc1cccc2c1[nH]c(=S)n2C1CCCCCC1O. The highest BCUT2D eigenvalue weighted by Gasteiger charge is 2.25. The van der Waals surface area contributed by atoms with Crippen molar-refractivity contribution in [3.05, 3.63) is 28.5 Å². The molecule has 2 N–H and O–H groups in total. The number of aromatic nitrogens is 2. The number of fused-ring (bicyclic) bond motifs is 1. The van der Waals surface area contributed by atoms with Gasteiger partial charge in [-0.1, -0.05) is 31.4 Å². The summed E-state index contributed by atoms with van der Waals surface area (Å²) in [4.78, 5) is 3.30. The van der Waals surface area contributed by atoms with Gasteiger partial charge in [-0.2, -0.15) is 0 Å². The van der Waals surface area contributed by atoms with Crippen molar-refractivity contribution in [3.63, 3.8) is 0 Å². The molecule has 1 aliphatic rings. The van der Waals surface area contributed by atoms with Crippen LogP contribution in [0.5, 0.6) is 0 Å². The molecule has 0 aliphatic heterocycles. The summed E-state index contributed by atoms with van der Waals surface area (Å²) in [5.74, 6) is 0. The lowest BCUT2D eigenvalue weighted by Crippen LogP contribution is -2.23. The van der Waals surface area contributed by atoms with Crippen LogP contribution < -0.4 is 0 Å². The predicted molar refractivity (Wildman–Crippen MR) is 80.0 cm³/mol. The van der Waals surface area contributed by atoms with E-state index in [1.807, 2.05) is 0 Å². The van der Waals surface area contributed by atoms with Crippen molar-refractivity contribution in [2.45, 2.75) is 51.2 Å². The number of imidazole rings is 1. The van der Waals surface area contributed by atoms with E-state index in [1.165, 1.54) is 18.4 Å². The number of benzene rings is 1. The average molecular weight is 276 g/mol. The molecule has 1 heterocycles. The third-order valence-electron chi connectivity index (χ3n) is 4.24. The predicted octanol–water partition coefficient (Wildman–Crippen LogP) is 3.87. The molecule has 0 radical (unpaired) electrons. The number of aromatic amines is 1. The van der Waals surface area contributed by atoms with Crippen LogP contribution >= 0.6 is 12.2 Å². The van der Waals surface area contributed by atoms with Crippen LogP contribution in [-0.2, 0) is 0 Å². The standard InChI is InChI=1S/C15H20N2OS/c1-10-6-5-8-12-14(10)16-15(19)17(12)11-7-3-2-4-9-13(11)18/h5-6,8,11,13,18H,2-4,7,9H2,1H3,(H,16,19). The van der Waals surface area contributed by atoms with Crippen molar-refractivity contribution in [1.29, 1.82) is 0 Å². The highest BCUT2D eigenvalue weighted by molar-refractivity contribution is 7.71. The van der Waals surface area contributed by atoms with Gasteiger partial charge >= 0.3 is 0 Å². The first-order valence-corrected chi connectivity index (χ1v) is 7.47. The number of H-pyrrole nitrogens is 1. The van der Waals surface area contributed by atoms with Crippen LogP contribution in [0.2, 0.25) is 0 Å². The van der Waals surface area contributed by atoms with Gasteiger partial charge in [0.25, 0.3) is 0 Å². The maximum Gasteiger partial charge on any atom is 0.178 e. The summed E-state index contributed by atoms with van der Waals surface area (Å²) in [6.45, 7) is 2.08. The highest BCUT2D eigenvalue weighted by Crippen LogP contribution is 2.31. The molecular weight excluding hydrogens is 256 g/mol. The minimum atomic E-state index is -0.284.